The summed E-state index contributed by atoms with van der Waals surface area (Å²) in [5.74, 6) is -0.453. The number of sulfonamides is 1. The van der Waals surface area contributed by atoms with Crippen molar-refractivity contribution in [3.63, 3.8) is 0 Å². The average molecular weight is 341 g/mol. The van der Waals surface area contributed by atoms with Gasteiger partial charge in [0.05, 0.1) is 26.7 Å². The Morgan fingerprint density at radius 2 is 1.85 bits per heavy atom. The van der Waals surface area contributed by atoms with Crippen LogP contribution in [0.2, 0.25) is 10.0 Å². The van der Waals surface area contributed by atoms with Crippen molar-refractivity contribution in [3.8, 4) is 0 Å². The zero-order valence-electron chi connectivity index (χ0n) is 10.8. The van der Waals surface area contributed by atoms with Crippen LogP contribution in [0.1, 0.15) is 13.8 Å². The highest BCUT2D eigenvalue weighted by molar-refractivity contribution is 7.89. The SMILES string of the molecule is CC(C)OCC(=O)Nc1c(Cl)cc(S(N)(=O)=O)cc1Cl. The maximum Gasteiger partial charge on any atom is 0.250 e. The molecule has 9 heteroatoms. The third-order valence-corrected chi connectivity index (χ3v) is 3.65. The Morgan fingerprint density at radius 1 is 1.35 bits per heavy atom. The molecule has 0 saturated heterocycles. The van der Waals surface area contributed by atoms with E-state index >= 15 is 0 Å². The molecule has 112 valence electrons. The number of hydrogen-bond acceptors (Lipinski definition) is 4. The molecular formula is C11H14Cl2N2O4S. The molecule has 6 nitrogen and oxygen atoms in total. The maximum absolute atomic E-state index is 11.6. The topological polar surface area (TPSA) is 98.5 Å². The fourth-order valence-corrected chi connectivity index (χ4v) is 2.53. The lowest BCUT2D eigenvalue weighted by atomic mass is 10.3. The molecule has 1 amide bonds. The van der Waals surface area contributed by atoms with Gasteiger partial charge in [0.2, 0.25) is 15.9 Å². The number of primary sulfonamides is 1. The van der Waals surface area contributed by atoms with Gasteiger partial charge in [0.15, 0.2) is 0 Å². The normalized spacial score (nSPS) is 11.7. The van der Waals surface area contributed by atoms with Crippen molar-refractivity contribution in [3.05, 3.63) is 22.2 Å². The number of ether oxygens (including phenoxy) is 1. The molecule has 0 saturated carbocycles. The Kier molecular flexibility index (Phi) is 5.79. The first-order chi connectivity index (χ1) is 9.11. The van der Waals surface area contributed by atoms with E-state index in [1.165, 1.54) is 0 Å². The molecule has 3 N–H and O–H groups in total. The van der Waals surface area contributed by atoms with Crippen LogP contribution in [-0.4, -0.2) is 27.0 Å². The first-order valence-electron chi connectivity index (χ1n) is 5.54. The highest BCUT2D eigenvalue weighted by Gasteiger charge is 2.16. The number of halogens is 2. The number of carbonyl (C=O) groups is 1. The van der Waals surface area contributed by atoms with Crippen LogP contribution in [0.15, 0.2) is 17.0 Å². The van der Waals surface area contributed by atoms with Gasteiger partial charge in [-0.1, -0.05) is 23.2 Å². The molecule has 20 heavy (non-hydrogen) atoms. The fraction of sp³-hybridized carbons (Fsp3) is 0.364. The summed E-state index contributed by atoms with van der Waals surface area (Å²) in [4.78, 5) is 11.4. The summed E-state index contributed by atoms with van der Waals surface area (Å²) in [7, 11) is -3.92. The number of amides is 1. The minimum atomic E-state index is -3.92. The van der Waals surface area contributed by atoms with Crippen LogP contribution in [0, 0.1) is 0 Å². The van der Waals surface area contributed by atoms with E-state index in [2.05, 4.69) is 5.32 Å². The highest BCUT2D eigenvalue weighted by Crippen LogP contribution is 2.33. The van der Waals surface area contributed by atoms with Crippen LogP contribution in [0.25, 0.3) is 0 Å². The van der Waals surface area contributed by atoms with E-state index in [0.717, 1.165) is 12.1 Å². The summed E-state index contributed by atoms with van der Waals surface area (Å²) in [5.41, 5.74) is 0.109. The Morgan fingerprint density at radius 3 is 2.25 bits per heavy atom. The minimum absolute atomic E-state index is 0.0283. The van der Waals surface area contributed by atoms with Crippen molar-refractivity contribution < 1.29 is 17.9 Å². The Hall–Kier alpha value is -0.860. The molecule has 0 bridgehead atoms. The van der Waals surface area contributed by atoms with E-state index in [-0.39, 0.29) is 33.3 Å². The zero-order chi connectivity index (χ0) is 15.5. The molecule has 0 atom stereocenters. The van der Waals surface area contributed by atoms with Crippen molar-refractivity contribution in [2.24, 2.45) is 5.14 Å². The lowest BCUT2D eigenvalue weighted by molar-refractivity contribution is -0.121. The van der Waals surface area contributed by atoms with Crippen LogP contribution >= 0.6 is 23.2 Å². The summed E-state index contributed by atoms with van der Waals surface area (Å²) in [5, 5.41) is 7.37. The Bertz CT molecular complexity index is 594. The molecule has 0 aliphatic heterocycles. The van der Waals surface area contributed by atoms with E-state index in [1.807, 2.05) is 0 Å². The molecule has 0 unspecified atom stereocenters. The Balaban J connectivity index is 2.95. The van der Waals surface area contributed by atoms with Gasteiger partial charge in [0, 0.05) is 0 Å². The number of benzene rings is 1. The largest absolute Gasteiger partial charge is 0.369 e. The van der Waals surface area contributed by atoms with Crippen LogP contribution in [0.5, 0.6) is 0 Å². The van der Waals surface area contributed by atoms with Crippen molar-refractivity contribution in [2.75, 3.05) is 11.9 Å². The van der Waals surface area contributed by atoms with E-state index < -0.39 is 15.9 Å². The zero-order valence-corrected chi connectivity index (χ0v) is 13.1. The fourth-order valence-electron chi connectivity index (χ4n) is 1.25. The molecule has 0 aliphatic carbocycles. The van der Waals surface area contributed by atoms with Gasteiger partial charge in [-0.15, -0.1) is 0 Å². The van der Waals surface area contributed by atoms with Crippen molar-refractivity contribution in [1.29, 1.82) is 0 Å². The first kappa shape index (κ1) is 17.2. The second kappa shape index (κ2) is 6.73. The second-order valence-electron chi connectivity index (χ2n) is 4.21. The van der Waals surface area contributed by atoms with Gasteiger partial charge < -0.3 is 10.1 Å². The third-order valence-electron chi connectivity index (χ3n) is 2.16. The van der Waals surface area contributed by atoms with Gasteiger partial charge in [-0.05, 0) is 26.0 Å². The molecular weight excluding hydrogens is 327 g/mol. The number of nitrogens with one attached hydrogen (secondary N) is 1. The summed E-state index contributed by atoms with van der Waals surface area (Å²) >= 11 is 11.8. The van der Waals surface area contributed by atoms with Gasteiger partial charge in [0.25, 0.3) is 0 Å². The Labute approximate surface area is 127 Å². The van der Waals surface area contributed by atoms with Gasteiger partial charge >= 0.3 is 0 Å². The van der Waals surface area contributed by atoms with Crippen LogP contribution in [0.3, 0.4) is 0 Å². The van der Waals surface area contributed by atoms with Crippen LogP contribution < -0.4 is 10.5 Å². The van der Waals surface area contributed by atoms with Gasteiger partial charge in [-0.25, -0.2) is 13.6 Å². The van der Waals surface area contributed by atoms with E-state index in [0.29, 0.717) is 0 Å². The summed E-state index contributed by atoms with van der Waals surface area (Å²) in [6.45, 7) is 3.41. The minimum Gasteiger partial charge on any atom is -0.369 e. The highest BCUT2D eigenvalue weighted by atomic mass is 35.5. The summed E-state index contributed by atoms with van der Waals surface area (Å²) < 4.78 is 27.5. The van der Waals surface area contributed by atoms with Crippen LogP contribution in [-0.2, 0) is 19.6 Å². The standard InChI is InChI=1S/C11H14Cl2N2O4S/c1-6(2)19-5-10(16)15-11-8(12)3-7(4-9(11)13)20(14,17)18/h3-4,6H,5H2,1-2H3,(H,15,16)(H2,14,17,18). The maximum atomic E-state index is 11.6. The molecule has 0 spiro atoms. The van der Waals surface area contributed by atoms with E-state index in [1.54, 1.807) is 13.8 Å². The quantitative estimate of drug-likeness (QED) is 0.856. The van der Waals surface area contributed by atoms with Gasteiger partial charge in [-0.2, -0.15) is 0 Å². The van der Waals surface area contributed by atoms with E-state index in [4.69, 9.17) is 33.1 Å². The van der Waals surface area contributed by atoms with Crippen LogP contribution in [0.4, 0.5) is 5.69 Å². The molecule has 1 aromatic carbocycles. The molecule has 0 heterocycles. The van der Waals surface area contributed by atoms with Crippen molar-refractivity contribution in [2.45, 2.75) is 24.8 Å². The third kappa shape index (κ3) is 4.92. The molecule has 0 fully saturated rings. The molecule has 0 radical (unpaired) electrons. The molecule has 0 aliphatic rings. The first-order valence-corrected chi connectivity index (χ1v) is 7.84. The van der Waals surface area contributed by atoms with Crippen molar-refractivity contribution >= 4 is 44.8 Å². The number of hydrogen-bond donors (Lipinski definition) is 2. The number of rotatable bonds is 5. The van der Waals surface area contributed by atoms with Gasteiger partial charge in [0.1, 0.15) is 6.61 Å². The summed E-state index contributed by atoms with van der Waals surface area (Å²) in [6, 6.07) is 2.23. The smallest absolute Gasteiger partial charge is 0.250 e. The number of anilines is 1. The number of nitrogens with two attached hydrogens (primary N) is 1. The lowest BCUT2D eigenvalue weighted by Crippen LogP contribution is -2.21. The monoisotopic (exact) mass is 340 g/mol. The number of carbonyl (C=O) groups excluding carboxylic acids is 1. The van der Waals surface area contributed by atoms with E-state index in [9.17, 15) is 13.2 Å². The summed E-state index contributed by atoms with van der Waals surface area (Å²) in [6.07, 6.45) is -0.101. The predicted molar refractivity (Wildman–Crippen MR) is 77.6 cm³/mol. The molecule has 0 aromatic heterocycles. The lowest BCUT2D eigenvalue weighted by Gasteiger charge is -2.12. The predicted octanol–water partition coefficient (Wildman–Crippen LogP) is 2.00. The molecule has 1 aromatic rings. The van der Waals surface area contributed by atoms with Gasteiger partial charge in [-0.3, -0.25) is 4.79 Å². The second-order valence-corrected chi connectivity index (χ2v) is 6.59. The average Bonchev–Trinajstić information content (AvgIpc) is 2.29. The molecule has 1 rings (SSSR count). The van der Waals surface area contributed by atoms with Crippen molar-refractivity contribution in [1.82, 2.24) is 0 Å².